The number of aryl methyl sites for hydroxylation is 1. The Kier molecular flexibility index (Phi) is 6.35. The second-order valence-electron chi connectivity index (χ2n) is 7.88. The van der Waals surface area contributed by atoms with Crippen LogP contribution in [0.1, 0.15) is 45.6 Å². The number of fused-ring (bicyclic) bond motifs is 1. The Hall–Kier alpha value is -3.47. The van der Waals surface area contributed by atoms with Gasteiger partial charge in [-0.15, -0.1) is 0 Å². The molecular formula is C27H29NO4. The first-order chi connectivity index (χ1) is 15.6. The molecule has 166 valence electrons. The van der Waals surface area contributed by atoms with Crippen molar-refractivity contribution in [1.29, 1.82) is 0 Å². The second kappa shape index (κ2) is 9.35. The third kappa shape index (κ3) is 4.03. The predicted octanol–water partition coefficient (Wildman–Crippen LogP) is 5.06. The van der Waals surface area contributed by atoms with E-state index in [0.717, 1.165) is 35.3 Å². The van der Waals surface area contributed by atoms with Gasteiger partial charge in [0.1, 0.15) is 5.75 Å². The lowest BCUT2D eigenvalue weighted by Gasteiger charge is -2.38. The number of hydrogen-bond acceptors (Lipinski definition) is 4. The highest BCUT2D eigenvalue weighted by Gasteiger charge is 2.34. The van der Waals surface area contributed by atoms with Crippen LogP contribution in [-0.2, 0) is 12.8 Å². The smallest absolute Gasteiger partial charge is 0.254 e. The summed E-state index contributed by atoms with van der Waals surface area (Å²) in [5.41, 5.74) is 5.16. The van der Waals surface area contributed by atoms with Crippen LogP contribution in [-0.4, -0.2) is 38.7 Å². The molecule has 0 aromatic heterocycles. The van der Waals surface area contributed by atoms with Crippen LogP contribution < -0.4 is 14.2 Å². The summed E-state index contributed by atoms with van der Waals surface area (Å²) in [7, 11) is 4.93. The van der Waals surface area contributed by atoms with Crippen LogP contribution in [0.4, 0.5) is 0 Å². The summed E-state index contributed by atoms with van der Waals surface area (Å²) in [5.74, 6) is 2.17. The lowest BCUT2D eigenvalue weighted by molar-refractivity contribution is 0.0694. The number of ether oxygens (including phenoxy) is 3. The van der Waals surface area contributed by atoms with Gasteiger partial charge in [0, 0.05) is 12.1 Å². The number of carbonyl (C=O) groups is 1. The summed E-state index contributed by atoms with van der Waals surface area (Å²) in [5, 5.41) is 0. The Balaban J connectivity index is 1.81. The number of nitrogens with zero attached hydrogens (tertiary/aromatic N) is 1. The fraction of sp³-hybridized carbons (Fsp3) is 0.296. The van der Waals surface area contributed by atoms with Crippen molar-refractivity contribution in [1.82, 2.24) is 4.90 Å². The van der Waals surface area contributed by atoms with Gasteiger partial charge in [-0.3, -0.25) is 4.79 Å². The Morgan fingerprint density at radius 2 is 1.56 bits per heavy atom. The van der Waals surface area contributed by atoms with Crippen molar-refractivity contribution >= 4 is 5.91 Å². The van der Waals surface area contributed by atoms with E-state index in [9.17, 15) is 4.79 Å². The molecule has 0 saturated carbocycles. The summed E-state index contributed by atoms with van der Waals surface area (Å²) in [4.78, 5) is 15.6. The molecule has 5 heteroatoms. The van der Waals surface area contributed by atoms with E-state index in [-0.39, 0.29) is 11.9 Å². The number of carbonyl (C=O) groups excluding carboxylic acids is 1. The topological polar surface area (TPSA) is 48.0 Å². The Labute approximate surface area is 189 Å². The van der Waals surface area contributed by atoms with E-state index in [1.54, 1.807) is 21.3 Å². The molecule has 3 aromatic carbocycles. The highest BCUT2D eigenvalue weighted by molar-refractivity contribution is 5.95. The van der Waals surface area contributed by atoms with Gasteiger partial charge in [-0.1, -0.05) is 31.2 Å². The maximum absolute atomic E-state index is 13.6. The highest BCUT2D eigenvalue weighted by Crippen LogP contribution is 2.41. The van der Waals surface area contributed by atoms with E-state index in [1.807, 2.05) is 65.6 Å². The molecule has 0 unspecified atom stereocenters. The van der Waals surface area contributed by atoms with Crippen LogP contribution in [0.5, 0.6) is 17.2 Å². The molecule has 1 atom stereocenters. The molecule has 0 saturated heterocycles. The van der Waals surface area contributed by atoms with Gasteiger partial charge in [0.25, 0.3) is 5.91 Å². The van der Waals surface area contributed by atoms with Crippen LogP contribution >= 0.6 is 0 Å². The fourth-order valence-electron chi connectivity index (χ4n) is 4.36. The van der Waals surface area contributed by atoms with E-state index < -0.39 is 0 Å². The average molecular weight is 432 g/mol. The predicted molar refractivity (Wildman–Crippen MR) is 125 cm³/mol. The molecule has 0 spiro atoms. The fourth-order valence-corrected chi connectivity index (χ4v) is 4.36. The van der Waals surface area contributed by atoms with Crippen LogP contribution in [0.25, 0.3) is 0 Å². The number of benzene rings is 3. The normalized spacial score (nSPS) is 15.1. The number of hydrogen-bond donors (Lipinski definition) is 0. The summed E-state index contributed by atoms with van der Waals surface area (Å²) in [6.07, 6.45) is 1.70. The first-order valence-electron chi connectivity index (χ1n) is 10.9. The van der Waals surface area contributed by atoms with Gasteiger partial charge in [-0.25, -0.2) is 0 Å². The molecule has 5 nitrogen and oxygen atoms in total. The molecule has 1 amide bonds. The van der Waals surface area contributed by atoms with Gasteiger partial charge < -0.3 is 19.1 Å². The van der Waals surface area contributed by atoms with Crippen molar-refractivity contribution in [2.24, 2.45) is 0 Å². The summed E-state index contributed by atoms with van der Waals surface area (Å²) < 4.78 is 16.4. The molecule has 1 aliphatic rings. The molecule has 0 bridgehead atoms. The molecule has 0 aliphatic carbocycles. The average Bonchev–Trinajstić information content (AvgIpc) is 2.86. The largest absolute Gasteiger partial charge is 0.497 e. The van der Waals surface area contributed by atoms with Crippen LogP contribution in [0.3, 0.4) is 0 Å². The van der Waals surface area contributed by atoms with Crippen molar-refractivity contribution in [3.05, 3.63) is 88.5 Å². The summed E-state index contributed by atoms with van der Waals surface area (Å²) >= 11 is 0. The zero-order chi connectivity index (χ0) is 22.7. The third-order valence-corrected chi connectivity index (χ3v) is 6.18. The van der Waals surface area contributed by atoms with E-state index >= 15 is 0 Å². The lowest BCUT2D eigenvalue weighted by atomic mass is 9.87. The molecule has 0 fully saturated rings. The van der Waals surface area contributed by atoms with E-state index in [1.165, 1.54) is 5.56 Å². The minimum absolute atomic E-state index is 0.0221. The van der Waals surface area contributed by atoms with Gasteiger partial charge in [-0.2, -0.15) is 0 Å². The van der Waals surface area contributed by atoms with Crippen molar-refractivity contribution < 1.29 is 19.0 Å². The van der Waals surface area contributed by atoms with Gasteiger partial charge in [0.2, 0.25) is 0 Å². The summed E-state index contributed by atoms with van der Waals surface area (Å²) in [6.45, 7) is 2.73. The minimum Gasteiger partial charge on any atom is -0.497 e. The lowest BCUT2D eigenvalue weighted by Crippen LogP contribution is -2.40. The quantitative estimate of drug-likeness (QED) is 0.547. The number of methoxy groups -OCH3 is 3. The Morgan fingerprint density at radius 3 is 2.16 bits per heavy atom. The van der Waals surface area contributed by atoms with E-state index in [4.69, 9.17) is 14.2 Å². The summed E-state index contributed by atoms with van der Waals surface area (Å²) in [6, 6.07) is 19.6. The van der Waals surface area contributed by atoms with Crippen LogP contribution in [0, 0.1) is 0 Å². The monoisotopic (exact) mass is 431 g/mol. The van der Waals surface area contributed by atoms with E-state index in [0.29, 0.717) is 23.6 Å². The standard InChI is InChI=1S/C27H29NO4/c1-5-18-6-8-20(9-7-18)27(29)28-15-14-21-16-24(31-3)25(32-4)17-23(21)26(28)19-10-12-22(30-2)13-11-19/h6-13,16-17,26H,5,14-15H2,1-4H3/t26-/m0/s1. The van der Waals surface area contributed by atoms with Crippen molar-refractivity contribution in [2.75, 3.05) is 27.9 Å². The van der Waals surface area contributed by atoms with Crippen molar-refractivity contribution in [3.8, 4) is 17.2 Å². The minimum atomic E-state index is -0.234. The zero-order valence-electron chi connectivity index (χ0n) is 19.1. The molecule has 0 N–H and O–H groups in total. The van der Waals surface area contributed by atoms with Gasteiger partial charge >= 0.3 is 0 Å². The maximum Gasteiger partial charge on any atom is 0.254 e. The molecule has 4 rings (SSSR count). The van der Waals surface area contributed by atoms with Crippen molar-refractivity contribution in [3.63, 3.8) is 0 Å². The second-order valence-corrected chi connectivity index (χ2v) is 7.88. The van der Waals surface area contributed by atoms with Gasteiger partial charge in [0.05, 0.1) is 27.4 Å². The van der Waals surface area contributed by atoms with Crippen LogP contribution in [0.2, 0.25) is 0 Å². The Morgan fingerprint density at radius 1 is 0.906 bits per heavy atom. The number of rotatable bonds is 6. The first kappa shape index (κ1) is 21.8. The SMILES string of the molecule is CCc1ccc(C(=O)N2CCc3cc(OC)c(OC)cc3[C@@H]2c2ccc(OC)cc2)cc1. The molecule has 1 aliphatic heterocycles. The Bertz CT molecular complexity index is 1090. The zero-order valence-corrected chi connectivity index (χ0v) is 19.1. The van der Waals surface area contributed by atoms with Crippen molar-refractivity contribution in [2.45, 2.75) is 25.8 Å². The first-order valence-corrected chi connectivity index (χ1v) is 10.9. The molecule has 1 heterocycles. The molecule has 0 radical (unpaired) electrons. The maximum atomic E-state index is 13.6. The third-order valence-electron chi connectivity index (χ3n) is 6.18. The van der Waals surface area contributed by atoms with Gasteiger partial charge in [-0.05, 0) is 71.5 Å². The van der Waals surface area contributed by atoms with Gasteiger partial charge in [0.15, 0.2) is 11.5 Å². The highest BCUT2D eigenvalue weighted by atomic mass is 16.5. The van der Waals surface area contributed by atoms with Crippen LogP contribution in [0.15, 0.2) is 60.7 Å². The van der Waals surface area contributed by atoms with E-state index in [2.05, 4.69) is 6.92 Å². The molecule has 3 aromatic rings. The molecular weight excluding hydrogens is 402 g/mol. The molecule has 32 heavy (non-hydrogen) atoms. The number of amides is 1.